The van der Waals surface area contributed by atoms with Crippen LogP contribution >= 0.6 is 0 Å². The van der Waals surface area contributed by atoms with E-state index in [4.69, 9.17) is 4.74 Å². The molecule has 0 amide bonds. The van der Waals surface area contributed by atoms with E-state index >= 15 is 0 Å². The van der Waals surface area contributed by atoms with Crippen LogP contribution in [0.4, 0.5) is 0 Å². The molecule has 0 aromatic heterocycles. The Morgan fingerprint density at radius 3 is 2.43 bits per heavy atom. The minimum absolute atomic E-state index is 0.256. The molecule has 0 heterocycles. The number of hydrogen-bond donors (Lipinski definition) is 0. The molecule has 1 unspecified atom stereocenters. The first-order chi connectivity index (χ1) is 6.56. The summed E-state index contributed by atoms with van der Waals surface area (Å²) >= 11 is 0. The Kier molecular flexibility index (Phi) is 7.50. The van der Waals surface area contributed by atoms with Crippen molar-refractivity contribution >= 4 is 0 Å². The molecule has 0 aromatic rings. The molecule has 0 saturated carbocycles. The quantitative estimate of drug-likeness (QED) is 0.581. The van der Waals surface area contributed by atoms with Gasteiger partial charge in [0.05, 0.1) is 6.10 Å². The van der Waals surface area contributed by atoms with Gasteiger partial charge in [-0.15, -0.1) is 0 Å². The Morgan fingerprint density at radius 1 is 1.29 bits per heavy atom. The van der Waals surface area contributed by atoms with Crippen LogP contribution in [-0.2, 0) is 4.74 Å². The summed E-state index contributed by atoms with van der Waals surface area (Å²) < 4.78 is 5.45. The third-order valence-corrected chi connectivity index (χ3v) is 2.04. The van der Waals surface area contributed by atoms with Crippen LogP contribution in [0.15, 0.2) is 23.3 Å². The molecule has 82 valence electrons. The van der Waals surface area contributed by atoms with Gasteiger partial charge < -0.3 is 4.74 Å². The van der Waals surface area contributed by atoms with Crippen molar-refractivity contribution in [1.82, 2.24) is 0 Å². The van der Waals surface area contributed by atoms with E-state index in [-0.39, 0.29) is 6.10 Å². The fourth-order valence-corrected chi connectivity index (χ4v) is 1.38. The SMILES string of the molecule is CCOC(C)/C=C(/C)CCC=C(C)C. The lowest BCUT2D eigenvalue weighted by molar-refractivity contribution is 0.109. The molecular formula is C13H24O. The Bertz CT molecular complexity index is 197. The van der Waals surface area contributed by atoms with Gasteiger partial charge in [0.1, 0.15) is 0 Å². The molecule has 0 fully saturated rings. The monoisotopic (exact) mass is 196 g/mol. The van der Waals surface area contributed by atoms with Gasteiger partial charge in [-0.2, -0.15) is 0 Å². The second-order valence-electron chi connectivity index (χ2n) is 3.99. The van der Waals surface area contributed by atoms with Crippen LogP contribution in [0, 0.1) is 0 Å². The maximum atomic E-state index is 5.45. The van der Waals surface area contributed by atoms with Crippen molar-refractivity contribution in [3.8, 4) is 0 Å². The highest BCUT2D eigenvalue weighted by molar-refractivity contribution is 5.04. The predicted octanol–water partition coefficient (Wildman–Crippen LogP) is 4.10. The van der Waals surface area contributed by atoms with Gasteiger partial charge in [-0.05, 0) is 47.5 Å². The maximum absolute atomic E-state index is 5.45. The summed E-state index contributed by atoms with van der Waals surface area (Å²) in [6, 6.07) is 0. The molecule has 0 radical (unpaired) electrons. The molecule has 1 atom stereocenters. The molecule has 14 heavy (non-hydrogen) atoms. The summed E-state index contributed by atoms with van der Waals surface area (Å²) in [5, 5.41) is 0. The Morgan fingerprint density at radius 2 is 1.93 bits per heavy atom. The van der Waals surface area contributed by atoms with E-state index in [0.717, 1.165) is 19.4 Å². The molecular weight excluding hydrogens is 172 g/mol. The second kappa shape index (κ2) is 7.81. The van der Waals surface area contributed by atoms with Crippen LogP contribution in [-0.4, -0.2) is 12.7 Å². The summed E-state index contributed by atoms with van der Waals surface area (Å²) in [6.07, 6.45) is 7.03. The molecule has 0 saturated heterocycles. The van der Waals surface area contributed by atoms with Crippen LogP contribution in [0.2, 0.25) is 0 Å². The van der Waals surface area contributed by atoms with Crippen molar-refractivity contribution in [2.45, 2.75) is 53.6 Å². The molecule has 1 heteroatoms. The summed E-state index contributed by atoms with van der Waals surface area (Å²) in [5.74, 6) is 0. The standard InChI is InChI=1S/C13H24O/c1-6-14-13(5)10-12(4)9-7-8-11(2)3/h8,10,13H,6-7,9H2,1-5H3/b12-10-. The van der Waals surface area contributed by atoms with E-state index < -0.39 is 0 Å². The zero-order chi connectivity index (χ0) is 11.0. The number of hydrogen-bond acceptors (Lipinski definition) is 1. The van der Waals surface area contributed by atoms with Crippen molar-refractivity contribution < 1.29 is 4.74 Å². The molecule has 0 aliphatic rings. The molecule has 0 aliphatic carbocycles. The van der Waals surface area contributed by atoms with Gasteiger partial charge in [-0.1, -0.05) is 23.3 Å². The average Bonchev–Trinajstić information content (AvgIpc) is 2.03. The van der Waals surface area contributed by atoms with E-state index in [1.165, 1.54) is 11.1 Å². The van der Waals surface area contributed by atoms with Gasteiger partial charge in [-0.25, -0.2) is 0 Å². The summed E-state index contributed by atoms with van der Waals surface area (Å²) in [4.78, 5) is 0. The van der Waals surface area contributed by atoms with Crippen LogP contribution in [0.3, 0.4) is 0 Å². The second-order valence-corrected chi connectivity index (χ2v) is 3.99. The number of rotatable bonds is 6. The maximum Gasteiger partial charge on any atom is 0.0730 e. The van der Waals surface area contributed by atoms with Crippen molar-refractivity contribution in [1.29, 1.82) is 0 Å². The van der Waals surface area contributed by atoms with Gasteiger partial charge in [0.25, 0.3) is 0 Å². The molecule has 0 rings (SSSR count). The first-order valence-electron chi connectivity index (χ1n) is 5.48. The Labute approximate surface area is 88.9 Å². The smallest absolute Gasteiger partial charge is 0.0730 e. The summed E-state index contributed by atoms with van der Waals surface area (Å²) in [6.45, 7) is 11.4. The van der Waals surface area contributed by atoms with Gasteiger partial charge in [0.2, 0.25) is 0 Å². The minimum atomic E-state index is 0.256. The van der Waals surface area contributed by atoms with Crippen molar-refractivity contribution in [3.05, 3.63) is 23.3 Å². The zero-order valence-corrected chi connectivity index (χ0v) is 10.3. The zero-order valence-electron chi connectivity index (χ0n) is 10.3. The lowest BCUT2D eigenvalue weighted by Gasteiger charge is -2.07. The molecule has 1 nitrogen and oxygen atoms in total. The van der Waals surface area contributed by atoms with Gasteiger partial charge in [0.15, 0.2) is 0 Å². The third kappa shape index (κ3) is 8.06. The predicted molar refractivity (Wildman–Crippen MR) is 63.5 cm³/mol. The van der Waals surface area contributed by atoms with Gasteiger partial charge in [-0.3, -0.25) is 0 Å². The van der Waals surface area contributed by atoms with Crippen molar-refractivity contribution in [2.24, 2.45) is 0 Å². The van der Waals surface area contributed by atoms with E-state index in [9.17, 15) is 0 Å². The Balaban J connectivity index is 3.82. The van der Waals surface area contributed by atoms with Crippen LogP contribution < -0.4 is 0 Å². The summed E-state index contributed by atoms with van der Waals surface area (Å²) in [7, 11) is 0. The van der Waals surface area contributed by atoms with Gasteiger partial charge >= 0.3 is 0 Å². The van der Waals surface area contributed by atoms with E-state index in [0.29, 0.717) is 0 Å². The Hall–Kier alpha value is -0.560. The number of allylic oxidation sites excluding steroid dienone is 3. The normalized spacial score (nSPS) is 13.9. The molecule has 0 aromatic carbocycles. The van der Waals surface area contributed by atoms with Crippen LogP contribution in [0.1, 0.15) is 47.5 Å². The largest absolute Gasteiger partial charge is 0.375 e. The van der Waals surface area contributed by atoms with Crippen LogP contribution in [0.5, 0.6) is 0 Å². The first-order valence-corrected chi connectivity index (χ1v) is 5.48. The lowest BCUT2D eigenvalue weighted by atomic mass is 10.1. The van der Waals surface area contributed by atoms with E-state index in [1.54, 1.807) is 0 Å². The van der Waals surface area contributed by atoms with Crippen molar-refractivity contribution in [3.63, 3.8) is 0 Å². The van der Waals surface area contributed by atoms with Crippen molar-refractivity contribution in [2.75, 3.05) is 6.61 Å². The highest BCUT2D eigenvalue weighted by Gasteiger charge is 1.96. The minimum Gasteiger partial charge on any atom is -0.375 e. The highest BCUT2D eigenvalue weighted by Crippen LogP contribution is 2.08. The van der Waals surface area contributed by atoms with E-state index in [2.05, 4.69) is 39.8 Å². The van der Waals surface area contributed by atoms with Gasteiger partial charge in [0, 0.05) is 6.61 Å². The average molecular weight is 196 g/mol. The first kappa shape index (κ1) is 13.4. The molecule has 0 aliphatic heterocycles. The summed E-state index contributed by atoms with van der Waals surface area (Å²) in [5.41, 5.74) is 2.82. The lowest BCUT2D eigenvalue weighted by Crippen LogP contribution is -2.04. The molecule has 0 spiro atoms. The third-order valence-electron chi connectivity index (χ3n) is 2.04. The number of ether oxygens (including phenoxy) is 1. The fourth-order valence-electron chi connectivity index (χ4n) is 1.38. The highest BCUT2D eigenvalue weighted by atomic mass is 16.5. The fraction of sp³-hybridized carbons (Fsp3) is 0.692. The molecule has 0 N–H and O–H groups in total. The van der Waals surface area contributed by atoms with Crippen LogP contribution in [0.25, 0.3) is 0 Å². The topological polar surface area (TPSA) is 9.23 Å². The molecule has 0 bridgehead atoms. The van der Waals surface area contributed by atoms with E-state index in [1.807, 2.05) is 6.92 Å².